The zero-order chi connectivity index (χ0) is 15.1. The third-order valence-corrected chi connectivity index (χ3v) is 5.97. The van der Waals surface area contributed by atoms with Crippen molar-refractivity contribution in [3.63, 3.8) is 0 Å². The van der Waals surface area contributed by atoms with Gasteiger partial charge >= 0.3 is 0 Å². The normalized spacial score (nSPS) is 27.0. The highest BCUT2D eigenvalue weighted by atomic mass is 35.5. The summed E-state index contributed by atoms with van der Waals surface area (Å²) in [5, 5.41) is 0. The summed E-state index contributed by atoms with van der Waals surface area (Å²) in [6.07, 6.45) is 9.97. The van der Waals surface area contributed by atoms with E-state index in [2.05, 4.69) is 6.07 Å². The van der Waals surface area contributed by atoms with Gasteiger partial charge in [-0.25, -0.2) is 0 Å². The molecule has 126 valence electrons. The van der Waals surface area contributed by atoms with E-state index in [0.717, 1.165) is 43.1 Å². The molecule has 1 aromatic carbocycles. The molecule has 0 bridgehead atoms. The molecule has 1 amide bonds. The highest BCUT2D eigenvalue weighted by Crippen LogP contribution is 2.51. The first-order valence-corrected chi connectivity index (χ1v) is 8.94. The topological polar surface area (TPSA) is 46.3 Å². The Hall–Kier alpha value is -1.22. The van der Waals surface area contributed by atoms with Gasteiger partial charge in [0, 0.05) is 23.8 Å². The second kappa shape index (κ2) is 6.72. The zero-order valence-electron chi connectivity index (χ0n) is 13.7. The number of fused-ring (bicyclic) bond motifs is 1. The Morgan fingerprint density at radius 3 is 2.70 bits per heavy atom. The van der Waals surface area contributed by atoms with Crippen LogP contribution in [0.25, 0.3) is 0 Å². The molecule has 0 radical (unpaired) electrons. The fourth-order valence-electron chi connectivity index (χ4n) is 4.66. The van der Waals surface area contributed by atoms with E-state index in [1.807, 2.05) is 17.0 Å². The minimum atomic E-state index is 0. The summed E-state index contributed by atoms with van der Waals surface area (Å²) in [6.45, 7) is 0.864. The molecule has 2 atom stereocenters. The Morgan fingerprint density at radius 2 is 1.91 bits per heavy atom. The van der Waals surface area contributed by atoms with Crippen molar-refractivity contribution >= 4 is 29.7 Å². The number of nitrogen functional groups attached to an aromatic ring is 1. The van der Waals surface area contributed by atoms with Crippen molar-refractivity contribution in [2.75, 3.05) is 17.2 Å². The van der Waals surface area contributed by atoms with Crippen molar-refractivity contribution in [1.82, 2.24) is 0 Å². The Labute approximate surface area is 145 Å². The summed E-state index contributed by atoms with van der Waals surface area (Å²) in [4.78, 5) is 15.0. The van der Waals surface area contributed by atoms with Crippen LogP contribution in [0.3, 0.4) is 0 Å². The van der Waals surface area contributed by atoms with Gasteiger partial charge in [-0.3, -0.25) is 4.79 Å². The minimum Gasteiger partial charge on any atom is -0.398 e. The number of halogens is 1. The molecule has 1 heterocycles. The largest absolute Gasteiger partial charge is 0.398 e. The predicted molar refractivity (Wildman–Crippen MR) is 96.9 cm³/mol. The van der Waals surface area contributed by atoms with Crippen LogP contribution in [-0.4, -0.2) is 12.5 Å². The summed E-state index contributed by atoms with van der Waals surface area (Å²) in [6, 6.07) is 6.00. The minimum absolute atomic E-state index is 0. The van der Waals surface area contributed by atoms with E-state index in [4.69, 9.17) is 5.73 Å². The van der Waals surface area contributed by atoms with Crippen LogP contribution in [0.5, 0.6) is 0 Å². The van der Waals surface area contributed by atoms with E-state index in [1.165, 1.54) is 37.7 Å². The smallest absolute Gasteiger partial charge is 0.230 e. The van der Waals surface area contributed by atoms with Gasteiger partial charge in [0.05, 0.1) is 0 Å². The molecule has 1 aliphatic heterocycles. The molecular weight excluding hydrogens is 308 g/mol. The van der Waals surface area contributed by atoms with Gasteiger partial charge in [-0.1, -0.05) is 38.2 Å². The lowest BCUT2D eigenvalue weighted by atomic mass is 9.85. The van der Waals surface area contributed by atoms with Crippen molar-refractivity contribution in [1.29, 1.82) is 0 Å². The number of hydrogen-bond donors (Lipinski definition) is 1. The van der Waals surface area contributed by atoms with Crippen molar-refractivity contribution in [2.45, 2.75) is 51.4 Å². The maximum absolute atomic E-state index is 13.0. The molecule has 2 saturated carbocycles. The van der Waals surface area contributed by atoms with Crippen LogP contribution in [0.15, 0.2) is 18.2 Å². The van der Waals surface area contributed by atoms with Crippen LogP contribution < -0.4 is 10.6 Å². The number of carbonyl (C=O) groups excluding carboxylic acids is 1. The average Bonchev–Trinajstić information content (AvgIpc) is 3.36. The molecular formula is C19H27ClN2O. The second-order valence-electron chi connectivity index (χ2n) is 7.34. The SMILES string of the molecule is Cl.Nc1cccc2c1CCCN2C(=O)C1CC1C1CCCCC1. The molecule has 0 saturated heterocycles. The Bertz CT molecular complexity index is 583. The fraction of sp³-hybridized carbons (Fsp3) is 0.632. The molecule has 2 aliphatic carbocycles. The molecule has 4 rings (SSSR count). The van der Waals surface area contributed by atoms with Gasteiger partial charge in [-0.2, -0.15) is 0 Å². The van der Waals surface area contributed by atoms with Gasteiger partial charge in [0.2, 0.25) is 5.91 Å². The summed E-state index contributed by atoms with van der Waals surface area (Å²) < 4.78 is 0. The molecule has 0 aromatic heterocycles. The molecule has 2 fully saturated rings. The van der Waals surface area contributed by atoms with Gasteiger partial charge < -0.3 is 10.6 Å². The van der Waals surface area contributed by atoms with Crippen LogP contribution in [0, 0.1) is 17.8 Å². The third-order valence-electron chi connectivity index (χ3n) is 5.97. The Kier molecular flexibility index (Phi) is 4.86. The van der Waals surface area contributed by atoms with E-state index in [0.29, 0.717) is 11.8 Å². The maximum atomic E-state index is 13.0. The van der Waals surface area contributed by atoms with Gasteiger partial charge in [-0.05, 0) is 48.8 Å². The number of rotatable bonds is 2. The first-order chi connectivity index (χ1) is 10.8. The van der Waals surface area contributed by atoms with E-state index in [1.54, 1.807) is 0 Å². The number of amides is 1. The van der Waals surface area contributed by atoms with E-state index < -0.39 is 0 Å². The van der Waals surface area contributed by atoms with Crippen molar-refractivity contribution in [3.05, 3.63) is 23.8 Å². The third kappa shape index (κ3) is 3.08. The summed E-state index contributed by atoms with van der Waals surface area (Å²) in [5.74, 6) is 2.13. The van der Waals surface area contributed by atoms with Crippen molar-refractivity contribution < 1.29 is 4.79 Å². The molecule has 3 nitrogen and oxygen atoms in total. The standard InChI is InChI=1S/C19H26N2O.ClH/c20-17-9-4-10-18-14(17)8-5-11-21(18)19(22)16-12-15(16)13-6-2-1-3-7-13;/h4,9-10,13,15-16H,1-3,5-8,11-12,20H2;1H. The molecule has 0 spiro atoms. The van der Waals surface area contributed by atoms with E-state index in [-0.39, 0.29) is 18.3 Å². The number of nitrogens with two attached hydrogens (primary N) is 1. The molecule has 23 heavy (non-hydrogen) atoms. The van der Waals surface area contributed by atoms with E-state index in [9.17, 15) is 4.79 Å². The molecule has 4 heteroatoms. The summed E-state index contributed by atoms with van der Waals surface area (Å²) >= 11 is 0. The first-order valence-electron chi connectivity index (χ1n) is 8.94. The van der Waals surface area contributed by atoms with Crippen LogP contribution >= 0.6 is 12.4 Å². The quantitative estimate of drug-likeness (QED) is 0.824. The van der Waals surface area contributed by atoms with Gasteiger partial charge in [0.1, 0.15) is 0 Å². The zero-order valence-corrected chi connectivity index (χ0v) is 14.5. The highest BCUT2D eigenvalue weighted by Gasteiger charge is 2.49. The number of carbonyl (C=O) groups is 1. The van der Waals surface area contributed by atoms with E-state index >= 15 is 0 Å². The number of nitrogens with zero attached hydrogens (tertiary/aromatic N) is 1. The molecule has 1 aromatic rings. The van der Waals surface area contributed by atoms with Crippen LogP contribution in [0.4, 0.5) is 11.4 Å². The summed E-state index contributed by atoms with van der Waals surface area (Å²) in [7, 11) is 0. The lowest BCUT2D eigenvalue weighted by molar-refractivity contribution is -0.120. The van der Waals surface area contributed by atoms with Crippen LogP contribution in [0.1, 0.15) is 50.5 Å². The highest BCUT2D eigenvalue weighted by molar-refractivity contribution is 5.98. The molecule has 3 aliphatic rings. The van der Waals surface area contributed by atoms with Gasteiger partial charge in [0.15, 0.2) is 0 Å². The first kappa shape index (κ1) is 16.6. The predicted octanol–water partition coefficient (Wildman–Crippen LogP) is 4.19. The Morgan fingerprint density at radius 1 is 1.13 bits per heavy atom. The molecule has 2 unspecified atom stereocenters. The van der Waals surface area contributed by atoms with Gasteiger partial charge in [-0.15, -0.1) is 12.4 Å². The van der Waals surface area contributed by atoms with Crippen LogP contribution in [-0.2, 0) is 11.2 Å². The average molecular weight is 335 g/mol. The number of hydrogen-bond acceptors (Lipinski definition) is 2. The number of benzene rings is 1. The van der Waals surface area contributed by atoms with Crippen molar-refractivity contribution in [3.8, 4) is 0 Å². The maximum Gasteiger partial charge on any atom is 0.230 e. The molecule has 2 N–H and O–H groups in total. The fourth-order valence-corrected chi connectivity index (χ4v) is 4.66. The van der Waals surface area contributed by atoms with Crippen molar-refractivity contribution in [2.24, 2.45) is 17.8 Å². The van der Waals surface area contributed by atoms with Gasteiger partial charge in [0.25, 0.3) is 0 Å². The summed E-state index contributed by atoms with van der Waals surface area (Å²) in [5.41, 5.74) is 9.20. The monoisotopic (exact) mass is 334 g/mol. The second-order valence-corrected chi connectivity index (χ2v) is 7.34. The lowest BCUT2D eigenvalue weighted by Gasteiger charge is -2.31. The lowest BCUT2D eigenvalue weighted by Crippen LogP contribution is -2.37. The number of anilines is 2. The van der Waals surface area contributed by atoms with Crippen LogP contribution in [0.2, 0.25) is 0 Å². The Balaban J connectivity index is 0.00000156.